The summed E-state index contributed by atoms with van der Waals surface area (Å²) in [7, 11) is 0. The molecule has 0 amide bonds. The lowest BCUT2D eigenvalue weighted by Gasteiger charge is -2.18. The third-order valence-electron chi connectivity index (χ3n) is 2.85. The molecule has 0 bridgehead atoms. The molecule has 2 aromatic heterocycles. The van der Waals surface area contributed by atoms with Gasteiger partial charge in [0.2, 0.25) is 11.7 Å². The summed E-state index contributed by atoms with van der Waals surface area (Å²) in [5.41, 5.74) is 0.988. The van der Waals surface area contributed by atoms with Crippen molar-refractivity contribution in [3.8, 4) is 11.4 Å². The molecule has 0 aromatic carbocycles. The molecule has 6 heteroatoms. The van der Waals surface area contributed by atoms with E-state index in [1.54, 1.807) is 11.3 Å². The highest BCUT2D eigenvalue weighted by Crippen LogP contribution is 2.19. The maximum Gasteiger partial charge on any atom is 0.241 e. The van der Waals surface area contributed by atoms with Crippen LogP contribution in [-0.2, 0) is 6.54 Å². The van der Waals surface area contributed by atoms with Crippen LogP contribution in [-0.4, -0.2) is 39.8 Å². The number of rotatable bonds is 8. The molecule has 0 fully saturated rings. The Hall–Kier alpha value is -1.24. The minimum absolute atomic E-state index is 0.148. The fourth-order valence-electron chi connectivity index (χ4n) is 1.81. The molecule has 2 rings (SSSR count). The number of aliphatic hydroxyl groups excluding tert-OH is 1. The van der Waals surface area contributed by atoms with Gasteiger partial charge >= 0.3 is 0 Å². The molecule has 0 atom stereocenters. The normalized spacial score (nSPS) is 11.3. The number of thiophene rings is 1. The fourth-order valence-corrected chi connectivity index (χ4v) is 2.45. The van der Waals surface area contributed by atoms with Crippen LogP contribution in [0.3, 0.4) is 0 Å². The van der Waals surface area contributed by atoms with E-state index in [0.717, 1.165) is 24.9 Å². The van der Waals surface area contributed by atoms with Crippen LogP contribution in [0.2, 0.25) is 0 Å². The van der Waals surface area contributed by atoms with Gasteiger partial charge in [0, 0.05) is 17.5 Å². The van der Waals surface area contributed by atoms with E-state index in [0.29, 0.717) is 24.8 Å². The molecule has 5 nitrogen and oxygen atoms in total. The Morgan fingerprint density at radius 1 is 1.42 bits per heavy atom. The van der Waals surface area contributed by atoms with Crippen molar-refractivity contribution in [2.45, 2.75) is 26.3 Å². The molecule has 2 aromatic rings. The van der Waals surface area contributed by atoms with E-state index >= 15 is 0 Å². The SMILES string of the molecule is CCCCN(CCO)Cc1nc(-c2ccsc2)no1. The first kappa shape index (κ1) is 14.2. The lowest BCUT2D eigenvalue weighted by molar-refractivity contribution is 0.172. The zero-order chi connectivity index (χ0) is 13.5. The van der Waals surface area contributed by atoms with Crippen molar-refractivity contribution in [1.82, 2.24) is 15.0 Å². The zero-order valence-electron chi connectivity index (χ0n) is 11.1. The van der Waals surface area contributed by atoms with Crippen LogP contribution < -0.4 is 0 Å². The average molecular weight is 281 g/mol. The maximum atomic E-state index is 9.06. The Kier molecular flexibility index (Phi) is 5.50. The zero-order valence-corrected chi connectivity index (χ0v) is 11.9. The fraction of sp³-hybridized carbons (Fsp3) is 0.538. The van der Waals surface area contributed by atoms with Gasteiger partial charge in [0.15, 0.2) is 0 Å². The first-order valence-corrected chi connectivity index (χ1v) is 7.46. The van der Waals surface area contributed by atoms with Gasteiger partial charge < -0.3 is 9.63 Å². The average Bonchev–Trinajstić information content (AvgIpc) is 3.06. The summed E-state index contributed by atoms with van der Waals surface area (Å²) in [6.45, 7) is 4.47. The van der Waals surface area contributed by atoms with Gasteiger partial charge in [0.05, 0.1) is 13.2 Å². The van der Waals surface area contributed by atoms with Crippen molar-refractivity contribution >= 4 is 11.3 Å². The second kappa shape index (κ2) is 7.37. The van der Waals surface area contributed by atoms with Gasteiger partial charge in [-0.3, -0.25) is 4.90 Å². The first-order valence-electron chi connectivity index (χ1n) is 6.52. The van der Waals surface area contributed by atoms with E-state index in [1.165, 1.54) is 0 Å². The number of hydrogen-bond acceptors (Lipinski definition) is 6. The summed E-state index contributed by atoms with van der Waals surface area (Å²) < 4.78 is 5.27. The number of aromatic nitrogens is 2. The molecule has 104 valence electrons. The van der Waals surface area contributed by atoms with Crippen molar-refractivity contribution in [2.24, 2.45) is 0 Å². The van der Waals surface area contributed by atoms with E-state index in [1.807, 2.05) is 16.8 Å². The highest BCUT2D eigenvalue weighted by Gasteiger charge is 2.12. The minimum atomic E-state index is 0.148. The van der Waals surface area contributed by atoms with Crippen molar-refractivity contribution in [1.29, 1.82) is 0 Å². The third-order valence-corrected chi connectivity index (χ3v) is 3.53. The van der Waals surface area contributed by atoms with Crippen LogP contribution in [0, 0.1) is 0 Å². The molecule has 0 saturated heterocycles. The van der Waals surface area contributed by atoms with Gasteiger partial charge in [-0.1, -0.05) is 18.5 Å². The number of hydrogen-bond donors (Lipinski definition) is 1. The number of aliphatic hydroxyl groups is 1. The molecule has 0 saturated carbocycles. The third kappa shape index (κ3) is 4.12. The largest absolute Gasteiger partial charge is 0.395 e. The lowest BCUT2D eigenvalue weighted by atomic mass is 10.3. The number of unbranched alkanes of at least 4 members (excludes halogenated alkanes) is 1. The van der Waals surface area contributed by atoms with Crippen molar-refractivity contribution in [3.05, 3.63) is 22.7 Å². The molecule has 0 aliphatic carbocycles. The quantitative estimate of drug-likeness (QED) is 0.805. The molecule has 0 aliphatic heterocycles. The van der Waals surface area contributed by atoms with Crippen LogP contribution in [0.5, 0.6) is 0 Å². The van der Waals surface area contributed by atoms with E-state index in [9.17, 15) is 0 Å². The standard InChI is InChI=1S/C13H19N3O2S/c1-2-3-5-16(6-7-17)9-12-14-13(15-18-12)11-4-8-19-10-11/h4,8,10,17H,2-3,5-7,9H2,1H3. The second-order valence-corrected chi connectivity index (χ2v) is 5.16. The van der Waals surface area contributed by atoms with Crippen molar-refractivity contribution in [2.75, 3.05) is 19.7 Å². The van der Waals surface area contributed by atoms with Gasteiger partial charge in [-0.15, -0.1) is 0 Å². The molecular formula is C13H19N3O2S. The summed E-state index contributed by atoms with van der Waals surface area (Å²) >= 11 is 1.61. The summed E-state index contributed by atoms with van der Waals surface area (Å²) in [6, 6.07) is 1.97. The van der Waals surface area contributed by atoms with E-state index in [-0.39, 0.29) is 6.61 Å². The van der Waals surface area contributed by atoms with Gasteiger partial charge in [-0.05, 0) is 24.4 Å². The molecule has 1 N–H and O–H groups in total. The predicted octanol–water partition coefficient (Wildman–Crippen LogP) is 2.39. The molecule has 0 radical (unpaired) electrons. The topological polar surface area (TPSA) is 62.4 Å². The smallest absolute Gasteiger partial charge is 0.241 e. The van der Waals surface area contributed by atoms with Crippen LogP contribution in [0.1, 0.15) is 25.7 Å². The highest BCUT2D eigenvalue weighted by atomic mass is 32.1. The Morgan fingerprint density at radius 3 is 3.00 bits per heavy atom. The van der Waals surface area contributed by atoms with E-state index < -0.39 is 0 Å². The molecule has 0 aliphatic rings. The Balaban J connectivity index is 1.97. The first-order chi connectivity index (χ1) is 9.33. The van der Waals surface area contributed by atoms with Crippen molar-refractivity contribution < 1.29 is 9.63 Å². The summed E-state index contributed by atoms with van der Waals surface area (Å²) in [6.07, 6.45) is 2.23. The molecule has 19 heavy (non-hydrogen) atoms. The summed E-state index contributed by atoms with van der Waals surface area (Å²) in [5, 5.41) is 17.0. The Bertz CT molecular complexity index is 470. The highest BCUT2D eigenvalue weighted by molar-refractivity contribution is 7.08. The van der Waals surface area contributed by atoms with Gasteiger partial charge in [0.25, 0.3) is 0 Å². The van der Waals surface area contributed by atoms with Crippen molar-refractivity contribution in [3.63, 3.8) is 0 Å². The van der Waals surface area contributed by atoms with E-state index in [4.69, 9.17) is 9.63 Å². The summed E-state index contributed by atoms with van der Waals surface area (Å²) in [4.78, 5) is 6.52. The lowest BCUT2D eigenvalue weighted by Crippen LogP contribution is -2.27. The van der Waals surface area contributed by atoms with Crippen LogP contribution >= 0.6 is 11.3 Å². The monoisotopic (exact) mass is 281 g/mol. The van der Waals surface area contributed by atoms with Gasteiger partial charge in [-0.2, -0.15) is 16.3 Å². The molecule has 0 spiro atoms. The Labute approximate surface area is 116 Å². The van der Waals surface area contributed by atoms with Crippen LogP contribution in [0.15, 0.2) is 21.3 Å². The van der Waals surface area contributed by atoms with Crippen LogP contribution in [0.4, 0.5) is 0 Å². The minimum Gasteiger partial charge on any atom is -0.395 e. The van der Waals surface area contributed by atoms with Gasteiger partial charge in [-0.25, -0.2) is 0 Å². The number of nitrogens with zero attached hydrogens (tertiary/aromatic N) is 3. The molecule has 0 unspecified atom stereocenters. The molecule has 2 heterocycles. The Morgan fingerprint density at radius 2 is 2.32 bits per heavy atom. The van der Waals surface area contributed by atoms with Crippen LogP contribution in [0.25, 0.3) is 11.4 Å². The maximum absolute atomic E-state index is 9.06. The van der Waals surface area contributed by atoms with Gasteiger partial charge in [0.1, 0.15) is 0 Å². The second-order valence-electron chi connectivity index (χ2n) is 4.38. The van der Waals surface area contributed by atoms with E-state index in [2.05, 4.69) is 22.0 Å². The molecular weight excluding hydrogens is 262 g/mol. The summed E-state index contributed by atoms with van der Waals surface area (Å²) in [5.74, 6) is 1.24. The predicted molar refractivity (Wildman–Crippen MR) is 74.9 cm³/mol.